The van der Waals surface area contributed by atoms with Crippen molar-refractivity contribution in [3.05, 3.63) is 107 Å². The van der Waals surface area contributed by atoms with Gasteiger partial charge in [0.2, 0.25) is 23.0 Å². The molecule has 9 N–H and O–H groups in total. The van der Waals surface area contributed by atoms with Crippen molar-refractivity contribution in [2.24, 2.45) is 11.5 Å². The summed E-state index contributed by atoms with van der Waals surface area (Å²) in [6.45, 7) is 1.93. The summed E-state index contributed by atoms with van der Waals surface area (Å²) in [5.74, 6) is -2.49. The number of fused-ring (bicyclic) bond motifs is 1. The summed E-state index contributed by atoms with van der Waals surface area (Å²) >= 11 is 0. The van der Waals surface area contributed by atoms with Crippen LogP contribution in [0.1, 0.15) is 27.6 Å². The van der Waals surface area contributed by atoms with E-state index >= 15 is 0 Å². The highest BCUT2D eigenvalue weighted by Gasteiger charge is 2.16. The molecule has 0 aliphatic rings. The van der Waals surface area contributed by atoms with Gasteiger partial charge in [-0.1, -0.05) is 0 Å². The number of hydrogen-bond donors (Lipinski definition) is 7. The summed E-state index contributed by atoms with van der Waals surface area (Å²) < 4.78 is 5.43. The molecule has 3 aromatic heterocycles. The maximum Gasteiger partial charge on any atom is 0.250 e. The predicted octanol–water partition coefficient (Wildman–Crippen LogP) is 2.64. The van der Waals surface area contributed by atoms with Gasteiger partial charge in [-0.3, -0.25) is 24.4 Å². The number of nitrogens with zero attached hydrogens (tertiary/aromatic N) is 2. The van der Waals surface area contributed by atoms with E-state index in [4.69, 9.17) is 21.0 Å². The molecular formula is C29H28N4O9. The Labute approximate surface area is 238 Å². The van der Waals surface area contributed by atoms with Gasteiger partial charge in [0, 0.05) is 43.0 Å². The molecule has 0 aliphatic heterocycles. The van der Waals surface area contributed by atoms with Crippen LogP contribution in [-0.2, 0) is 0 Å². The lowest BCUT2D eigenvalue weighted by Crippen LogP contribution is -2.10. The minimum absolute atomic E-state index is 0.0872. The van der Waals surface area contributed by atoms with Crippen LogP contribution in [0.5, 0.6) is 23.0 Å². The maximum absolute atomic E-state index is 12.1. The summed E-state index contributed by atoms with van der Waals surface area (Å²) in [6, 6.07) is 14.2. The SMILES string of the molecule is CCO.NC(=O)c1cccnc1.NC(=O)c1cccnc1.O=c1c(O)c(-c2ccc(O)c(O)c2)oc2cc(O)ccc12. The first-order valence-corrected chi connectivity index (χ1v) is 12.0. The topological polar surface area (TPSA) is 243 Å². The summed E-state index contributed by atoms with van der Waals surface area (Å²) in [7, 11) is 0. The number of rotatable bonds is 3. The molecule has 42 heavy (non-hydrogen) atoms. The van der Waals surface area contributed by atoms with Crippen molar-refractivity contribution < 1.29 is 39.5 Å². The zero-order valence-electron chi connectivity index (χ0n) is 22.2. The van der Waals surface area contributed by atoms with Crippen LogP contribution in [-0.4, -0.2) is 53.9 Å². The highest BCUT2D eigenvalue weighted by molar-refractivity contribution is 5.92. The van der Waals surface area contributed by atoms with Gasteiger partial charge in [-0.15, -0.1) is 0 Å². The van der Waals surface area contributed by atoms with Gasteiger partial charge in [0.15, 0.2) is 17.3 Å². The number of aliphatic hydroxyl groups is 1. The Hall–Kier alpha value is -5.95. The molecule has 0 fully saturated rings. The normalized spacial score (nSPS) is 9.67. The molecule has 0 aliphatic carbocycles. The second-order valence-electron chi connectivity index (χ2n) is 8.02. The first kappa shape index (κ1) is 32.3. The fraction of sp³-hybridized carbons (Fsp3) is 0.0690. The van der Waals surface area contributed by atoms with Crippen molar-refractivity contribution in [3.8, 4) is 34.3 Å². The van der Waals surface area contributed by atoms with Crippen molar-refractivity contribution in [1.82, 2.24) is 9.97 Å². The summed E-state index contributed by atoms with van der Waals surface area (Å²) in [6.07, 6.45) is 6.05. The smallest absolute Gasteiger partial charge is 0.250 e. The molecule has 3 heterocycles. The van der Waals surface area contributed by atoms with E-state index < -0.39 is 28.7 Å². The van der Waals surface area contributed by atoms with Crippen molar-refractivity contribution in [1.29, 1.82) is 0 Å². The Kier molecular flexibility index (Phi) is 12.0. The first-order chi connectivity index (χ1) is 20.0. The second kappa shape index (κ2) is 15.6. The number of carbonyl (C=O) groups excluding carboxylic acids is 2. The molecule has 2 amide bonds. The van der Waals surface area contributed by atoms with E-state index in [0.29, 0.717) is 11.1 Å². The minimum Gasteiger partial charge on any atom is -0.508 e. The monoisotopic (exact) mass is 576 g/mol. The average Bonchev–Trinajstić information content (AvgIpc) is 2.98. The second-order valence-corrected chi connectivity index (χ2v) is 8.02. The average molecular weight is 577 g/mol. The van der Waals surface area contributed by atoms with Gasteiger partial charge in [-0.05, 0) is 61.5 Å². The van der Waals surface area contributed by atoms with Crippen molar-refractivity contribution in [2.75, 3.05) is 6.61 Å². The summed E-state index contributed by atoms with van der Waals surface area (Å²) in [5, 5.41) is 45.9. The van der Waals surface area contributed by atoms with Crippen LogP contribution in [0.3, 0.4) is 0 Å². The molecule has 2 aromatic carbocycles. The largest absolute Gasteiger partial charge is 0.508 e. The fourth-order valence-corrected chi connectivity index (χ4v) is 3.05. The Morgan fingerprint density at radius 2 is 1.36 bits per heavy atom. The van der Waals surface area contributed by atoms with E-state index in [0.717, 1.165) is 6.07 Å². The van der Waals surface area contributed by atoms with Crippen LogP contribution in [0.2, 0.25) is 0 Å². The number of aromatic hydroxyl groups is 4. The minimum atomic E-state index is -0.654. The number of hydrogen-bond acceptors (Lipinski definition) is 11. The molecule has 0 spiro atoms. The van der Waals surface area contributed by atoms with Crippen molar-refractivity contribution in [3.63, 3.8) is 0 Å². The van der Waals surface area contributed by atoms with Gasteiger partial charge in [-0.2, -0.15) is 0 Å². The van der Waals surface area contributed by atoms with Gasteiger partial charge in [0.1, 0.15) is 11.3 Å². The van der Waals surface area contributed by atoms with E-state index in [-0.39, 0.29) is 40.4 Å². The van der Waals surface area contributed by atoms with Gasteiger partial charge < -0.3 is 41.4 Å². The number of amides is 2. The van der Waals surface area contributed by atoms with Crippen LogP contribution < -0.4 is 16.9 Å². The van der Waals surface area contributed by atoms with Crippen LogP contribution in [0.25, 0.3) is 22.3 Å². The standard InChI is InChI=1S/C15H10O6.2C6H6N2O.C2H6O/c16-8-2-3-9-12(6-8)21-15(14(20)13(9)19)7-1-4-10(17)11(18)5-7;2*7-6(9)5-2-1-3-8-4-5;1-2-3/h1-6,16-18,20H;2*1-4H,(H2,7,9);3H,2H2,1H3. The van der Waals surface area contributed by atoms with E-state index in [1.165, 1.54) is 42.7 Å². The van der Waals surface area contributed by atoms with Crippen LogP contribution >= 0.6 is 0 Å². The van der Waals surface area contributed by atoms with E-state index in [2.05, 4.69) is 9.97 Å². The molecule has 5 aromatic rings. The third kappa shape index (κ3) is 9.07. The molecule has 13 nitrogen and oxygen atoms in total. The molecule has 13 heteroatoms. The summed E-state index contributed by atoms with van der Waals surface area (Å²) in [4.78, 5) is 40.3. The summed E-state index contributed by atoms with van der Waals surface area (Å²) in [5.41, 5.74) is 10.4. The third-order valence-electron chi connectivity index (χ3n) is 4.98. The van der Waals surface area contributed by atoms with E-state index in [9.17, 15) is 34.8 Å². The molecule has 0 unspecified atom stereocenters. The van der Waals surface area contributed by atoms with Gasteiger partial charge >= 0.3 is 0 Å². The van der Waals surface area contributed by atoms with E-state index in [1.54, 1.807) is 43.6 Å². The first-order valence-electron chi connectivity index (χ1n) is 12.0. The van der Waals surface area contributed by atoms with Crippen molar-refractivity contribution >= 4 is 22.8 Å². The molecule has 0 saturated heterocycles. The number of aliphatic hydroxyl groups excluding tert-OH is 1. The lowest BCUT2D eigenvalue weighted by molar-refractivity contribution is 0.0991. The van der Waals surface area contributed by atoms with Gasteiger partial charge in [0.25, 0.3) is 0 Å². The Morgan fingerprint density at radius 1 is 0.810 bits per heavy atom. The van der Waals surface area contributed by atoms with Crippen LogP contribution in [0.15, 0.2) is 94.7 Å². The highest BCUT2D eigenvalue weighted by Crippen LogP contribution is 2.35. The Balaban J connectivity index is 0.000000243. The Morgan fingerprint density at radius 3 is 1.79 bits per heavy atom. The quantitative estimate of drug-likeness (QED) is 0.154. The predicted molar refractivity (Wildman–Crippen MR) is 153 cm³/mol. The molecule has 218 valence electrons. The van der Waals surface area contributed by atoms with E-state index in [1.807, 2.05) is 0 Å². The van der Waals surface area contributed by atoms with Crippen LogP contribution in [0, 0.1) is 0 Å². The molecule has 0 atom stereocenters. The number of phenols is 3. The third-order valence-corrected chi connectivity index (χ3v) is 4.98. The maximum atomic E-state index is 12.1. The van der Waals surface area contributed by atoms with Crippen LogP contribution in [0.4, 0.5) is 0 Å². The lowest BCUT2D eigenvalue weighted by atomic mass is 10.1. The number of benzene rings is 2. The fourth-order valence-electron chi connectivity index (χ4n) is 3.05. The lowest BCUT2D eigenvalue weighted by Gasteiger charge is -2.07. The number of phenolic OH excluding ortho intramolecular Hbond substituents is 3. The zero-order valence-corrected chi connectivity index (χ0v) is 22.2. The van der Waals surface area contributed by atoms with Gasteiger partial charge in [-0.25, -0.2) is 0 Å². The zero-order chi connectivity index (χ0) is 31.2. The number of nitrogens with two attached hydrogens (primary N) is 2. The Bertz CT molecular complexity index is 1640. The van der Waals surface area contributed by atoms with Crippen molar-refractivity contribution in [2.45, 2.75) is 6.92 Å². The molecule has 0 radical (unpaired) electrons. The number of primary amides is 2. The highest BCUT2D eigenvalue weighted by atomic mass is 16.4. The number of carbonyl (C=O) groups is 2. The molecule has 5 rings (SSSR count). The van der Waals surface area contributed by atoms with Gasteiger partial charge in [0.05, 0.1) is 16.5 Å². The molecule has 0 bridgehead atoms. The number of aromatic nitrogens is 2. The number of pyridine rings is 2. The molecular weight excluding hydrogens is 548 g/mol. The molecule has 0 saturated carbocycles.